The standard InChI is InChI=1S/C13H14N4O3/c1-3-9-15-11(17-16-9)12(18)14-8-6-4-5-7(2)10(8)13(19)20/h4-6H,3H2,1-2H3,(H,14,18)(H,19,20)(H,15,16,17). The number of carboxylic acids is 1. The van der Waals surface area contributed by atoms with Gasteiger partial charge in [-0.1, -0.05) is 19.1 Å². The number of rotatable bonds is 4. The van der Waals surface area contributed by atoms with Gasteiger partial charge in [0, 0.05) is 6.42 Å². The van der Waals surface area contributed by atoms with Crippen LogP contribution in [0.1, 0.15) is 39.3 Å². The number of carbonyl (C=O) groups is 2. The minimum atomic E-state index is -1.09. The summed E-state index contributed by atoms with van der Waals surface area (Å²) in [5.41, 5.74) is 0.858. The van der Waals surface area contributed by atoms with Crippen molar-refractivity contribution in [2.45, 2.75) is 20.3 Å². The zero-order chi connectivity index (χ0) is 14.7. The molecule has 0 saturated heterocycles. The summed E-state index contributed by atoms with van der Waals surface area (Å²) in [5.74, 6) is -1.06. The first-order chi connectivity index (χ1) is 9.52. The predicted octanol–water partition coefficient (Wildman–Crippen LogP) is 1.63. The van der Waals surface area contributed by atoms with Gasteiger partial charge in [-0.2, -0.15) is 0 Å². The van der Waals surface area contributed by atoms with E-state index in [0.717, 1.165) is 0 Å². The molecule has 0 fully saturated rings. The van der Waals surface area contributed by atoms with Crippen LogP contribution >= 0.6 is 0 Å². The molecule has 0 aliphatic carbocycles. The monoisotopic (exact) mass is 274 g/mol. The molecule has 2 aromatic rings. The van der Waals surface area contributed by atoms with E-state index < -0.39 is 11.9 Å². The molecule has 0 radical (unpaired) electrons. The molecular weight excluding hydrogens is 260 g/mol. The Labute approximate surface area is 115 Å². The Kier molecular flexibility index (Phi) is 3.79. The zero-order valence-electron chi connectivity index (χ0n) is 11.1. The van der Waals surface area contributed by atoms with Crippen LogP contribution < -0.4 is 5.32 Å². The number of carbonyl (C=O) groups excluding carboxylic acids is 1. The number of H-pyrrole nitrogens is 1. The lowest BCUT2D eigenvalue weighted by Gasteiger charge is -2.09. The van der Waals surface area contributed by atoms with Crippen LogP contribution in [0, 0.1) is 6.92 Å². The molecule has 0 saturated carbocycles. The fourth-order valence-electron chi connectivity index (χ4n) is 1.79. The summed E-state index contributed by atoms with van der Waals surface area (Å²) in [4.78, 5) is 27.2. The molecule has 0 aliphatic rings. The fourth-order valence-corrected chi connectivity index (χ4v) is 1.79. The van der Waals surface area contributed by atoms with Gasteiger partial charge in [0.25, 0.3) is 5.91 Å². The Bertz CT molecular complexity index is 663. The molecule has 2 rings (SSSR count). The number of aromatic nitrogens is 3. The average molecular weight is 274 g/mol. The van der Waals surface area contributed by atoms with E-state index in [1.807, 2.05) is 6.92 Å². The van der Waals surface area contributed by atoms with Crippen LogP contribution in [0.5, 0.6) is 0 Å². The molecule has 1 aromatic carbocycles. The maximum Gasteiger partial charge on any atom is 0.338 e. The summed E-state index contributed by atoms with van der Waals surface area (Å²) in [6, 6.07) is 4.87. The molecule has 1 heterocycles. The van der Waals surface area contributed by atoms with Crippen LogP contribution in [0.3, 0.4) is 0 Å². The molecule has 1 aromatic heterocycles. The van der Waals surface area contributed by atoms with Crippen LogP contribution in [0.25, 0.3) is 0 Å². The lowest BCUT2D eigenvalue weighted by Crippen LogP contribution is -2.17. The number of nitrogens with one attached hydrogen (secondary N) is 2. The normalized spacial score (nSPS) is 10.3. The Morgan fingerprint density at radius 1 is 1.40 bits per heavy atom. The molecule has 20 heavy (non-hydrogen) atoms. The molecule has 0 atom stereocenters. The van der Waals surface area contributed by atoms with Crippen molar-refractivity contribution in [2.75, 3.05) is 5.32 Å². The third-order valence-electron chi connectivity index (χ3n) is 2.80. The van der Waals surface area contributed by atoms with Gasteiger partial charge in [0.05, 0.1) is 11.3 Å². The molecule has 7 nitrogen and oxygen atoms in total. The molecular formula is C13H14N4O3. The van der Waals surface area contributed by atoms with Crippen LogP contribution in [-0.2, 0) is 6.42 Å². The third kappa shape index (κ3) is 2.66. The number of aromatic amines is 1. The van der Waals surface area contributed by atoms with Crippen molar-refractivity contribution in [3.63, 3.8) is 0 Å². The Balaban J connectivity index is 2.28. The lowest BCUT2D eigenvalue weighted by molar-refractivity contribution is 0.0697. The van der Waals surface area contributed by atoms with Gasteiger partial charge in [-0.25, -0.2) is 9.78 Å². The minimum Gasteiger partial charge on any atom is -0.478 e. The summed E-state index contributed by atoms with van der Waals surface area (Å²) in [7, 11) is 0. The molecule has 1 amide bonds. The van der Waals surface area contributed by atoms with Gasteiger partial charge in [0.15, 0.2) is 0 Å². The first-order valence-corrected chi connectivity index (χ1v) is 6.08. The van der Waals surface area contributed by atoms with Crippen LogP contribution in [0.4, 0.5) is 5.69 Å². The van der Waals surface area contributed by atoms with Gasteiger partial charge in [0.2, 0.25) is 5.82 Å². The number of hydrogen-bond donors (Lipinski definition) is 3. The molecule has 0 bridgehead atoms. The number of nitrogens with zero attached hydrogens (tertiary/aromatic N) is 2. The number of aromatic carboxylic acids is 1. The van der Waals surface area contributed by atoms with Gasteiger partial charge in [0.1, 0.15) is 5.82 Å². The lowest BCUT2D eigenvalue weighted by atomic mass is 10.1. The molecule has 7 heteroatoms. The average Bonchev–Trinajstić information content (AvgIpc) is 2.87. The van der Waals surface area contributed by atoms with E-state index in [4.69, 9.17) is 0 Å². The maximum absolute atomic E-state index is 12.0. The van der Waals surface area contributed by atoms with E-state index in [-0.39, 0.29) is 17.1 Å². The summed E-state index contributed by atoms with van der Waals surface area (Å²) in [6.45, 7) is 3.55. The molecule has 0 spiro atoms. The second kappa shape index (κ2) is 5.52. The highest BCUT2D eigenvalue weighted by Crippen LogP contribution is 2.19. The third-order valence-corrected chi connectivity index (χ3v) is 2.80. The van der Waals surface area contributed by atoms with Gasteiger partial charge in [-0.15, -0.1) is 5.10 Å². The van der Waals surface area contributed by atoms with E-state index in [1.165, 1.54) is 6.07 Å². The van der Waals surface area contributed by atoms with Crippen molar-refractivity contribution in [1.82, 2.24) is 15.2 Å². The number of aryl methyl sites for hydroxylation is 2. The van der Waals surface area contributed by atoms with Crippen molar-refractivity contribution in [3.8, 4) is 0 Å². The quantitative estimate of drug-likeness (QED) is 0.785. The number of carboxylic acid groups (broad SMARTS) is 1. The summed E-state index contributed by atoms with van der Waals surface area (Å²) < 4.78 is 0. The summed E-state index contributed by atoms with van der Waals surface area (Å²) in [6.07, 6.45) is 0.630. The highest BCUT2D eigenvalue weighted by Gasteiger charge is 2.17. The van der Waals surface area contributed by atoms with E-state index in [2.05, 4.69) is 20.5 Å². The number of hydrogen-bond acceptors (Lipinski definition) is 4. The van der Waals surface area contributed by atoms with Crippen molar-refractivity contribution >= 4 is 17.6 Å². The number of benzene rings is 1. The van der Waals surface area contributed by atoms with E-state index in [9.17, 15) is 14.7 Å². The largest absolute Gasteiger partial charge is 0.478 e. The summed E-state index contributed by atoms with van der Waals surface area (Å²) in [5, 5.41) is 18.1. The minimum absolute atomic E-state index is 0.0142. The van der Waals surface area contributed by atoms with E-state index in [1.54, 1.807) is 19.1 Å². The molecule has 0 aliphatic heterocycles. The number of anilines is 1. The fraction of sp³-hybridized carbons (Fsp3) is 0.231. The SMILES string of the molecule is CCc1nc(C(=O)Nc2cccc(C)c2C(=O)O)n[nH]1. The highest BCUT2D eigenvalue weighted by atomic mass is 16.4. The molecule has 0 unspecified atom stereocenters. The topological polar surface area (TPSA) is 108 Å². The zero-order valence-corrected chi connectivity index (χ0v) is 11.1. The second-order valence-corrected chi connectivity index (χ2v) is 4.22. The van der Waals surface area contributed by atoms with Crippen molar-refractivity contribution in [3.05, 3.63) is 41.0 Å². The maximum atomic E-state index is 12.0. The second-order valence-electron chi connectivity index (χ2n) is 4.22. The van der Waals surface area contributed by atoms with Crippen LogP contribution in [0.2, 0.25) is 0 Å². The molecule has 104 valence electrons. The first kappa shape index (κ1) is 13.7. The first-order valence-electron chi connectivity index (χ1n) is 6.08. The van der Waals surface area contributed by atoms with Crippen molar-refractivity contribution in [1.29, 1.82) is 0 Å². The van der Waals surface area contributed by atoms with Gasteiger partial charge in [-0.05, 0) is 18.6 Å². The number of amides is 1. The van der Waals surface area contributed by atoms with Gasteiger partial charge < -0.3 is 10.4 Å². The Hall–Kier alpha value is -2.70. The van der Waals surface area contributed by atoms with E-state index >= 15 is 0 Å². The Morgan fingerprint density at radius 3 is 2.75 bits per heavy atom. The highest BCUT2D eigenvalue weighted by molar-refractivity contribution is 6.06. The predicted molar refractivity (Wildman–Crippen MR) is 71.9 cm³/mol. The van der Waals surface area contributed by atoms with Gasteiger partial charge >= 0.3 is 5.97 Å². The van der Waals surface area contributed by atoms with E-state index in [0.29, 0.717) is 17.8 Å². The van der Waals surface area contributed by atoms with Gasteiger partial charge in [-0.3, -0.25) is 9.89 Å². The smallest absolute Gasteiger partial charge is 0.338 e. The summed E-state index contributed by atoms with van der Waals surface area (Å²) >= 11 is 0. The van der Waals surface area contributed by atoms with Crippen LogP contribution in [-0.4, -0.2) is 32.2 Å². The Morgan fingerprint density at radius 2 is 2.15 bits per heavy atom. The molecule has 3 N–H and O–H groups in total. The van der Waals surface area contributed by atoms with Crippen LogP contribution in [0.15, 0.2) is 18.2 Å². The van der Waals surface area contributed by atoms with Crippen molar-refractivity contribution in [2.24, 2.45) is 0 Å². The van der Waals surface area contributed by atoms with Crippen molar-refractivity contribution < 1.29 is 14.7 Å².